The molecule has 19 heavy (non-hydrogen) atoms. The zero-order valence-electron chi connectivity index (χ0n) is 11.2. The number of hydrogen-bond acceptors (Lipinski definition) is 2. The van der Waals surface area contributed by atoms with Crippen molar-refractivity contribution in [2.24, 2.45) is 5.92 Å². The van der Waals surface area contributed by atoms with Crippen molar-refractivity contribution in [2.75, 3.05) is 25.5 Å². The highest BCUT2D eigenvalue weighted by Gasteiger charge is 2.30. The quantitative estimate of drug-likeness (QED) is 0.887. The van der Waals surface area contributed by atoms with Crippen molar-refractivity contribution in [2.45, 2.75) is 25.6 Å². The van der Waals surface area contributed by atoms with E-state index in [1.54, 1.807) is 0 Å². The SMILES string of the molecule is CC1CN(C)CCC1Nc1ccc(C(F)(F)F)cc1. The van der Waals surface area contributed by atoms with Gasteiger partial charge in [-0.3, -0.25) is 0 Å². The lowest BCUT2D eigenvalue weighted by atomic mass is 9.94. The molecule has 2 unspecified atom stereocenters. The Hall–Kier alpha value is -1.23. The van der Waals surface area contributed by atoms with E-state index in [9.17, 15) is 13.2 Å². The summed E-state index contributed by atoms with van der Waals surface area (Å²) in [5.74, 6) is 0.487. The lowest BCUT2D eigenvalue weighted by Gasteiger charge is -2.35. The van der Waals surface area contributed by atoms with Crippen LogP contribution in [0.4, 0.5) is 18.9 Å². The summed E-state index contributed by atoms with van der Waals surface area (Å²) in [6.45, 7) is 4.19. The van der Waals surface area contributed by atoms with Crippen LogP contribution in [0.2, 0.25) is 0 Å². The van der Waals surface area contributed by atoms with Gasteiger partial charge < -0.3 is 10.2 Å². The Morgan fingerprint density at radius 2 is 1.84 bits per heavy atom. The minimum absolute atomic E-state index is 0.327. The van der Waals surface area contributed by atoms with Gasteiger partial charge in [-0.05, 0) is 50.2 Å². The first-order chi connectivity index (χ1) is 8.86. The summed E-state index contributed by atoms with van der Waals surface area (Å²) in [4.78, 5) is 2.27. The van der Waals surface area contributed by atoms with Crippen molar-refractivity contribution in [1.29, 1.82) is 0 Å². The van der Waals surface area contributed by atoms with E-state index in [1.807, 2.05) is 0 Å². The van der Waals surface area contributed by atoms with Crippen LogP contribution in [0.25, 0.3) is 0 Å². The Morgan fingerprint density at radius 1 is 1.21 bits per heavy atom. The standard InChI is InChI=1S/C14H19F3N2/c1-10-9-19(2)8-7-13(10)18-12-5-3-11(4-6-12)14(15,16)17/h3-6,10,13,18H,7-9H2,1-2H3. The van der Waals surface area contributed by atoms with E-state index >= 15 is 0 Å². The Bertz CT molecular complexity index is 414. The largest absolute Gasteiger partial charge is 0.416 e. The van der Waals surface area contributed by atoms with Crippen LogP contribution in [0, 0.1) is 5.92 Å². The summed E-state index contributed by atoms with van der Waals surface area (Å²) >= 11 is 0. The second-order valence-electron chi connectivity index (χ2n) is 5.35. The molecule has 0 amide bonds. The van der Waals surface area contributed by atoms with E-state index in [2.05, 4.69) is 24.2 Å². The van der Waals surface area contributed by atoms with E-state index in [1.165, 1.54) is 12.1 Å². The van der Waals surface area contributed by atoms with Crippen molar-refractivity contribution in [1.82, 2.24) is 4.90 Å². The second-order valence-corrected chi connectivity index (χ2v) is 5.35. The third-order valence-corrected chi connectivity index (χ3v) is 3.67. The third-order valence-electron chi connectivity index (χ3n) is 3.67. The fourth-order valence-corrected chi connectivity index (χ4v) is 2.54. The molecule has 1 N–H and O–H groups in total. The molecule has 106 valence electrons. The minimum atomic E-state index is -4.26. The average molecular weight is 272 g/mol. The van der Waals surface area contributed by atoms with Crippen LogP contribution in [-0.2, 0) is 6.18 Å². The molecule has 0 saturated carbocycles. The first-order valence-corrected chi connectivity index (χ1v) is 6.48. The maximum atomic E-state index is 12.5. The summed E-state index contributed by atoms with van der Waals surface area (Å²) in [6, 6.07) is 5.60. The highest BCUT2D eigenvalue weighted by Crippen LogP contribution is 2.30. The van der Waals surface area contributed by atoms with E-state index in [0.29, 0.717) is 12.0 Å². The van der Waals surface area contributed by atoms with Gasteiger partial charge in [0.05, 0.1) is 5.56 Å². The first-order valence-electron chi connectivity index (χ1n) is 6.48. The highest BCUT2D eigenvalue weighted by atomic mass is 19.4. The maximum Gasteiger partial charge on any atom is 0.416 e. The lowest BCUT2D eigenvalue weighted by molar-refractivity contribution is -0.137. The average Bonchev–Trinajstić information content (AvgIpc) is 2.32. The molecule has 2 nitrogen and oxygen atoms in total. The smallest absolute Gasteiger partial charge is 0.382 e. The summed E-state index contributed by atoms with van der Waals surface area (Å²) in [5, 5.41) is 3.34. The van der Waals surface area contributed by atoms with E-state index in [4.69, 9.17) is 0 Å². The van der Waals surface area contributed by atoms with Crippen molar-refractivity contribution >= 4 is 5.69 Å². The van der Waals surface area contributed by atoms with Gasteiger partial charge in [0, 0.05) is 18.3 Å². The number of nitrogens with zero attached hydrogens (tertiary/aromatic N) is 1. The molecule has 0 aromatic heterocycles. The highest BCUT2D eigenvalue weighted by molar-refractivity contribution is 5.46. The van der Waals surface area contributed by atoms with Gasteiger partial charge in [0.1, 0.15) is 0 Å². The van der Waals surface area contributed by atoms with E-state index in [-0.39, 0.29) is 0 Å². The summed E-state index contributed by atoms with van der Waals surface area (Å²) in [7, 11) is 2.09. The van der Waals surface area contributed by atoms with Crippen molar-refractivity contribution < 1.29 is 13.2 Å². The Morgan fingerprint density at radius 3 is 2.37 bits per heavy atom. The molecule has 1 aliphatic rings. The van der Waals surface area contributed by atoms with Crippen LogP contribution >= 0.6 is 0 Å². The molecule has 0 aliphatic carbocycles. The molecule has 1 aliphatic heterocycles. The van der Waals surface area contributed by atoms with Crippen LogP contribution in [0.1, 0.15) is 18.9 Å². The number of likely N-dealkylation sites (tertiary alicyclic amines) is 1. The van der Waals surface area contributed by atoms with Gasteiger partial charge >= 0.3 is 6.18 Å². The van der Waals surface area contributed by atoms with Crippen molar-refractivity contribution in [3.05, 3.63) is 29.8 Å². The predicted octanol–water partition coefficient (Wildman–Crippen LogP) is 3.46. The molecule has 0 bridgehead atoms. The molecule has 2 rings (SSSR count). The van der Waals surface area contributed by atoms with Crippen molar-refractivity contribution in [3.63, 3.8) is 0 Å². The minimum Gasteiger partial charge on any atom is -0.382 e. The summed E-state index contributed by atoms with van der Waals surface area (Å²) in [5.41, 5.74) is 0.156. The predicted molar refractivity (Wildman–Crippen MR) is 70.1 cm³/mol. The van der Waals surface area contributed by atoms with E-state index in [0.717, 1.165) is 37.3 Å². The normalized spacial score (nSPS) is 25.3. The number of nitrogens with one attached hydrogen (secondary N) is 1. The molecule has 2 atom stereocenters. The van der Waals surface area contributed by atoms with Gasteiger partial charge in [0.2, 0.25) is 0 Å². The molecule has 0 radical (unpaired) electrons. The molecule has 1 fully saturated rings. The number of alkyl halides is 3. The van der Waals surface area contributed by atoms with Gasteiger partial charge in [-0.15, -0.1) is 0 Å². The topological polar surface area (TPSA) is 15.3 Å². The van der Waals surface area contributed by atoms with Gasteiger partial charge in [0.15, 0.2) is 0 Å². The number of halogens is 3. The molecule has 1 aromatic carbocycles. The molecule has 1 saturated heterocycles. The molecule has 1 aromatic rings. The summed E-state index contributed by atoms with van der Waals surface area (Å²) < 4.78 is 37.4. The molecule has 5 heteroatoms. The Labute approximate surface area is 111 Å². The number of hydrogen-bond donors (Lipinski definition) is 1. The van der Waals surface area contributed by atoms with Crippen LogP contribution in [0.3, 0.4) is 0 Å². The van der Waals surface area contributed by atoms with Gasteiger partial charge in [0.25, 0.3) is 0 Å². The van der Waals surface area contributed by atoms with Gasteiger partial charge in [-0.1, -0.05) is 6.92 Å². The Kier molecular flexibility index (Phi) is 4.04. The number of benzene rings is 1. The summed E-state index contributed by atoms with van der Waals surface area (Å²) in [6.07, 6.45) is -3.25. The maximum absolute atomic E-state index is 12.5. The molecule has 1 heterocycles. The zero-order valence-corrected chi connectivity index (χ0v) is 11.2. The van der Waals surface area contributed by atoms with Gasteiger partial charge in [-0.25, -0.2) is 0 Å². The third kappa shape index (κ3) is 3.62. The van der Waals surface area contributed by atoms with Crippen LogP contribution in [0.15, 0.2) is 24.3 Å². The van der Waals surface area contributed by atoms with Gasteiger partial charge in [-0.2, -0.15) is 13.2 Å². The molecular formula is C14H19F3N2. The van der Waals surface area contributed by atoms with E-state index < -0.39 is 11.7 Å². The van der Waals surface area contributed by atoms with Crippen LogP contribution in [-0.4, -0.2) is 31.1 Å². The molecular weight excluding hydrogens is 253 g/mol. The number of anilines is 1. The fraction of sp³-hybridized carbons (Fsp3) is 0.571. The molecule has 0 spiro atoms. The fourth-order valence-electron chi connectivity index (χ4n) is 2.54. The lowest BCUT2D eigenvalue weighted by Crippen LogP contribution is -2.43. The monoisotopic (exact) mass is 272 g/mol. The van der Waals surface area contributed by atoms with Crippen LogP contribution in [0.5, 0.6) is 0 Å². The number of piperidine rings is 1. The second kappa shape index (κ2) is 5.41. The number of rotatable bonds is 2. The zero-order chi connectivity index (χ0) is 14.0. The Balaban J connectivity index is 2.00. The first kappa shape index (κ1) is 14.2. The van der Waals surface area contributed by atoms with Crippen LogP contribution < -0.4 is 5.32 Å². The van der Waals surface area contributed by atoms with Crippen molar-refractivity contribution in [3.8, 4) is 0 Å².